The van der Waals surface area contributed by atoms with Gasteiger partial charge in [-0.25, -0.2) is 0 Å². The standard InChI is InChI=1S/C15H12ClNSe/c1-11-2-4-12(5-3-11)15(17-10-18)13-6-8-14(16)9-7-13/h2-9,15H,1H3. The van der Waals surface area contributed by atoms with E-state index in [9.17, 15) is 0 Å². The first-order chi connectivity index (χ1) is 8.70. The molecule has 0 aliphatic heterocycles. The Kier molecular flexibility index (Phi) is 4.52. The SMILES string of the molecule is Cc1ccc(C(N=C=[Se])c2ccc(Cl)cc2)cc1. The zero-order valence-electron chi connectivity index (χ0n) is 9.93. The number of nitrogens with zero attached hydrogens (tertiary/aromatic N) is 1. The molecule has 0 N–H and O–H groups in total. The topological polar surface area (TPSA) is 12.4 Å². The van der Waals surface area contributed by atoms with Crippen molar-refractivity contribution in [2.45, 2.75) is 13.0 Å². The number of rotatable bonds is 3. The van der Waals surface area contributed by atoms with Crippen molar-refractivity contribution >= 4 is 31.9 Å². The number of hydrogen-bond donors (Lipinski definition) is 0. The van der Waals surface area contributed by atoms with Crippen molar-refractivity contribution in [1.82, 2.24) is 0 Å². The van der Waals surface area contributed by atoms with Gasteiger partial charge in [0.15, 0.2) is 0 Å². The Morgan fingerprint density at radius 1 is 1.00 bits per heavy atom. The monoisotopic (exact) mass is 321 g/mol. The Balaban J connectivity index is 2.42. The molecule has 0 spiro atoms. The van der Waals surface area contributed by atoms with Gasteiger partial charge in [0.1, 0.15) is 0 Å². The van der Waals surface area contributed by atoms with Crippen molar-refractivity contribution in [2.24, 2.45) is 4.99 Å². The molecule has 0 aromatic heterocycles. The van der Waals surface area contributed by atoms with E-state index in [-0.39, 0.29) is 6.04 Å². The van der Waals surface area contributed by atoms with E-state index < -0.39 is 0 Å². The summed E-state index contributed by atoms with van der Waals surface area (Å²) in [6, 6.07) is 16.1. The summed E-state index contributed by atoms with van der Waals surface area (Å²) < 4.78 is 2.76. The Labute approximate surface area is 120 Å². The van der Waals surface area contributed by atoms with Gasteiger partial charge < -0.3 is 0 Å². The maximum absolute atomic E-state index is 5.91. The molecular formula is C15H12ClNSe. The number of aryl methyl sites for hydroxylation is 1. The van der Waals surface area contributed by atoms with Gasteiger partial charge in [0.2, 0.25) is 0 Å². The van der Waals surface area contributed by atoms with Crippen LogP contribution in [-0.2, 0) is 0 Å². The van der Waals surface area contributed by atoms with E-state index in [0.29, 0.717) is 0 Å². The first-order valence-corrected chi connectivity index (χ1v) is 6.83. The van der Waals surface area contributed by atoms with Crippen LogP contribution in [0.3, 0.4) is 0 Å². The van der Waals surface area contributed by atoms with Crippen LogP contribution in [0.25, 0.3) is 0 Å². The number of hydrogen-bond acceptors (Lipinski definition) is 1. The molecule has 0 aliphatic rings. The van der Waals surface area contributed by atoms with Crippen LogP contribution in [0.1, 0.15) is 22.7 Å². The Morgan fingerprint density at radius 2 is 1.50 bits per heavy atom. The fraction of sp³-hybridized carbons (Fsp3) is 0.133. The molecule has 0 aliphatic carbocycles. The van der Waals surface area contributed by atoms with Crippen LogP contribution in [-0.4, -0.2) is 20.3 Å². The van der Waals surface area contributed by atoms with Gasteiger partial charge in [0, 0.05) is 0 Å². The molecule has 0 amide bonds. The molecule has 1 unspecified atom stereocenters. The van der Waals surface area contributed by atoms with Crippen LogP contribution in [0.2, 0.25) is 5.02 Å². The quantitative estimate of drug-likeness (QED) is 0.602. The second-order valence-electron chi connectivity index (χ2n) is 4.09. The summed E-state index contributed by atoms with van der Waals surface area (Å²) in [4.78, 5) is 4.38. The van der Waals surface area contributed by atoms with E-state index in [1.165, 1.54) is 5.56 Å². The van der Waals surface area contributed by atoms with Crippen molar-refractivity contribution in [2.75, 3.05) is 0 Å². The van der Waals surface area contributed by atoms with Crippen LogP contribution in [0.15, 0.2) is 53.5 Å². The van der Waals surface area contributed by atoms with Crippen molar-refractivity contribution in [1.29, 1.82) is 0 Å². The first-order valence-electron chi connectivity index (χ1n) is 5.59. The molecule has 18 heavy (non-hydrogen) atoms. The molecule has 0 heterocycles. The summed E-state index contributed by atoms with van der Waals surface area (Å²) in [5, 5.41) is 0.734. The predicted octanol–water partition coefficient (Wildman–Crippen LogP) is 3.81. The second-order valence-corrected chi connectivity index (χ2v) is 4.90. The molecule has 2 aromatic carbocycles. The molecule has 90 valence electrons. The molecule has 3 heteroatoms. The Hall–Kier alpha value is -1.17. The van der Waals surface area contributed by atoms with Crippen molar-refractivity contribution < 1.29 is 0 Å². The maximum atomic E-state index is 5.91. The van der Waals surface area contributed by atoms with E-state index in [2.05, 4.69) is 56.5 Å². The van der Waals surface area contributed by atoms with E-state index in [1.54, 1.807) is 0 Å². The summed E-state index contributed by atoms with van der Waals surface area (Å²) in [6.07, 6.45) is 0. The predicted molar refractivity (Wildman–Crippen MR) is 77.7 cm³/mol. The van der Waals surface area contributed by atoms with Crippen LogP contribution < -0.4 is 0 Å². The zero-order valence-corrected chi connectivity index (χ0v) is 12.4. The normalized spacial score (nSPS) is 11.7. The molecule has 0 saturated carbocycles. The van der Waals surface area contributed by atoms with Gasteiger partial charge in [-0.15, -0.1) is 0 Å². The minimum atomic E-state index is -0.0379. The summed E-state index contributed by atoms with van der Waals surface area (Å²) in [7, 11) is 0. The summed E-state index contributed by atoms with van der Waals surface area (Å²) in [5.74, 6) is 0. The third-order valence-corrected chi connectivity index (χ3v) is 3.23. The minimum absolute atomic E-state index is 0.0379. The van der Waals surface area contributed by atoms with E-state index >= 15 is 0 Å². The van der Waals surface area contributed by atoms with Crippen LogP contribution >= 0.6 is 11.6 Å². The van der Waals surface area contributed by atoms with Crippen LogP contribution in [0, 0.1) is 6.92 Å². The molecule has 0 bridgehead atoms. The molecular weight excluding hydrogens is 309 g/mol. The third kappa shape index (κ3) is 3.19. The molecule has 0 fully saturated rings. The van der Waals surface area contributed by atoms with Gasteiger partial charge in [-0.2, -0.15) is 0 Å². The molecule has 1 atom stereocenters. The van der Waals surface area contributed by atoms with Crippen molar-refractivity contribution in [3.05, 3.63) is 70.2 Å². The van der Waals surface area contributed by atoms with Gasteiger partial charge in [0.25, 0.3) is 0 Å². The van der Waals surface area contributed by atoms with E-state index in [0.717, 1.165) is 16.1 Å². The molecule has 2 aromatic rings. The average Bonchev–Trinajstić information content (AvgIpc) is 2.39. The summed E-state index contributed by atoms with van der Waals surface area (Å²) in [5.41, 5.74) is 3.49. The van der Waals surface area contributed by atoms with E-state index in [1.807, 2.05) is 24.3 Å². The van der Waals surface area contributed by atoms with Crippen molar-refractivity contribution in [3.8, 4) is 0 Å². The fourth-order valence-corrected chi connectivity index (χ4v) is 2.14. The Morgan fingerprint density at radius 3 is 2.00 bits per heavy atom. The van der Waals surface area contributed by atoms with Gasteiger partial charge in [0.05, 0.1) is 0 Å². The van der Waals surface area contributed by atoms with Gasteiger partial charge in [-0.1, -0.05) is 0 Å². The third-order valence-electron chi connectivity index (χ3n) is 2.76. The van der Waals surface area contributed by atoms with Crippen LogP contribution in [0.4, 0.5) is 0 Å². The molecule has 1 nitrogen and oxygen atoms in total. The zero-order chi connectivity index (χ0) is 13.0. The molecule has 0 saturated heterocycles. The fourth-order valence-electron chi connectivity index (χ4n) is 1.79. The van der Waals surface area contributed by atoms with Crippen molar-refractivity contribution in [3.63, 3.8) is 0 Å². The number of aliphatic imine (C=N–C) groups is 1. The van der Waals surface area contributed by atoms with Gasteiger partial charge in [-0.3, -0.25) is 0 Å². The van der Waals surface area contributed by atoms with E-state index in [4.69, 9.17) is 11.6 Å². The Bertz CT molecular complexity index is 523. The number of halogens is 1. The number of benzene rings is 2. The summed E-state index contributed by atoms with van der Waals surface area (Å²) >= 11 is 8.60. The van der Waals surface area contributed by atoms with Crippen LogP contribution in [0.5, 0.6) is 0 Å². The first kappa shape index (κ1) is 13.3. The average molecular weight is 321 g/mol. The second kappa shape index (κ2) is 6.13. The van der Waals surface area contributed by atoms with Gasteiger partial charge in [-0.05, 0) is 0 Å². The van der Waals surface area contributed by atoms with Gasteiger partial charge >= 0.3 is 120 Å². The molecule has 0 radical (unpaired) electrons. The summed E-state index contributed by atoms with van der Waals surface area (Å²) in [6.45, 7) is 2.07. The molecule has 2 rings (SSSR count).